The molecular formula is C9H8BrFO2. The topological polar surface area (TPSA) is 26.3 Å². The molecule has 1 rings (SSSR count). The number of rotatable bonds is 2. The van der Waals surface area contributed by atoms with Crippen LogP contribution in [0.5, 0.6) is 0 Å². The smallest absolute Gasteiger partial charge is 0.310 e. The third-order valence-corrected chi connectivity index (χ3v) is 2.32. The molecule has 1 aromatic rings. The largest absolute Gasteiger partial charge is 0.469 e. The van der Waals surface area contributed by atoms with Gasteiger partial charge in [0.1, 0.15) is 5.82 Å². The lowest BCUT2D eigenvalue weighted by Crippen LogP contribution is -2.04. The van der Waals surface area contributed by atoms with Crippen LogP contribution in [0, 0.1) is 5.82 Å². The summed E-state index contributed by atoms with van der Waals surface area (Å²) < 4.78 is 17.7. The number of methoxy groups -OCH3 is 1. The van der Waals surface area contributed by atoms with Crippen LogP contribution in [0.25, 0.3) is 0 Å². The van der Waals surface area contributed by atoms with Gasteiger partial charge in [-0.05, 0) is 17.7 Å². The maximum absolute atomic E-state index is 12.6. The molecule has 0 aliphatic rings. The predicted octanol–water partition coefficient (Wildman–Crippen LogP) is 2.30. The monoisotopic (exact) mass is 246 g/mol. The molecule has 2 nitrogen and oxygen atoms in total. The lowest BCUT2D eigenvalue weighted by Gasteiger charge is -2.02. The molecular weight excluding hydrogens is 239 g/mol. The number of carbonyl (C=O) groups excluding carboxylic acids is 1. The van der Waals surface area contributed by atoms with Crippen molar-refractivity contribution in [3.63, 3.8) is 0 Å². The van der Waals surface area contributed by atoms with Gasteiger partial charge in [0.15, 0.2) is 0 Å². The van der Waals surface area contributed by atoms with Crippen molar-refractivity contribution in [1.29, 1.82) is 0 Å². The maximum atomic E-state index is 12.6. The first-order valence-corrected chi connectivity index (χ1v) is 4.43. The maximum Gasteiger partial charge on any atom is 0.310 e. The highest BCUT2D eigenvalue weighted by Gasteiger charge is 2.06. The van der Waals surface area contributed by atoms with E-state index in [0.29, 0.717) is 10.0 Å². The van der Waals surface area contributed by atoms with Crippen molar-refractivity contribution in [2.24, 2.45) is 0 Å². The van der Waals surface area contributed by atoms with Crippen LogP contribution in [-0.4, -0.2) is 13.1 Å². The van der Waals surface area contributed by atoms with Gasteiger partial charge in [0.2, 0.25) is 0 Å². The first kappa shape index (κ1) is 10.2. The van der Waals surface area contributed by atoms with Crippen molar-refractivity contribution >= 4 is 21.9 Å². The molecule has 0 amide bonds. The van der Waals surface area contributed by atoms with E-state index in [0.717, 1.165) is 0 Å². The van der Waals surface area contributed by atoms with Gasteiger partial charge in [-0.15, -0.1) is 0 Å². The number of benzene rings is 1. The Balaban J connectivity index is 2.83. The third kappa shape index (κ3) is 2.81. The summed E-state index contributed by atoms with van der Waals surface area (Å²) in [6, 6.07) is 4.18. The van der Waals surface area contributed by atoms with Crippen LogP contribution in [0.4, 0.5) is 4.39 Å². The summed E-state index contributed by atoms with van der Waals surface area (Å²) in [5.74, 6) is -0.673. The zero-order valence-corrected chi connectivity index (χ0v) is 8.60. The highest BCUT2D eigenvalue weighted by Crippen LogP contribution is 2.18. The van der Waals surface area contributed by atoms with Crippen LogP contribution in [0.1, 0.15) is 5.56 Å². The lowest BCUT2D eigenvalue weighted by atomic mass is 10.1. The molecule has 0 heterocycles. The molecule has 0 aromatic heterocycles. The molecule has 0 radical (unpaired) electrons. The zero-order valence-electron chi connectivity index (χ0n) is 7.01. The standard InChI is InChI=1S/C9H8BrFO2/c1-13-9(12)4-6-2-3-7(11)5-8(6)10/h2-3,5H,4H2,1H3. The number of hydrogen-bond acceptors (Lipinski definition) is 2. The first-order chi connectivity index (χ1) is 6.13. The van der Waals surface area contributed by atoms with E-state index in [2.05, 4.69) is 20.7 Å². The van der Waals surface area contributed by atoms with Gasteiger partial charge in [0.25, 0.3) is 0 Å². The Morgan fingerprint density at radius 1 is 1.62 bits per heavy atom. The van der Waals surface area contributed by atoms with E-state index in [1.54, 1.807) is 6.07 Å². The van der Waals surface area contributed by atoms with Crippen LogP contribution >= 0.6 is 15.9 Å². The number of carbonyl (C=O) groups is 1. The fraction of sp³-hybridized carbons (Fsp3) is 0.222. The molecule has 1 aromatic carbocycles. The molecule has 0 saturated carbocycles. The predicted molar refractivity (Wildman–Crippen MR) is 49.8 cm³/mol. The average molecular weight is 247 g/mol. The highest BCUT2D eigenvalue weighted by atomic mass is 79.9. The second-order valence-corrected chi connectivity index (χ2v) is 3.34. The normalized spacial score (nSPS) is 9.77. The van der Waals surface area contributed by atoms with Crippen molar-refractivity contribution in [3.05, 3.63) is 34.1 Å². The van der Waals surface area contributed by atoms with E-state index < -0.39 is 0 Å². The Kier molecular flexibility index (Phi) is 3.42. The van der Waals surface area contributed by atoms with Gasteiger partial charge in [0.05, 0.1) is 13.5 Å². The molecule has 0 atom stereocenters. The van der Waals surface area contributed by atoms with Crippen LogP contribution < -0.4 is 0 Å². The molecule has 0 saturated heterocycles. The van der Waals surface area contributed by atoms with E-state index in [-0.39, 0.29) is 18.2 Å². The Bertz CT molecular complexity index is 325. The van der Waals surface area contributed by atoms with Gasteiger partial charge in [-0.1, -0.05) is 22.0 Å². The van der Waals surface area contributed by atoms with E-state index in [9.17, 15) is 9.18 Å². The second-order valence-electron chi connectivity index (χ2n) is 2.49. The van der Waals surface area contributed by atoms with Crippen LogP contribution in [-0.2, 0) is 16.0 Å². The van der Waals surface area contributed by atoms with Crippen LogP contribution in [0.2, 0.25) is 0 Å². The van der Waals surface area contributed by atoms with E-state index in [1.165, 1.54) is 19.2 Å². The minimum atomic E-state index is -0.340. The average Bonchev–Trinajstić information content (AvgIpc) is 2.09. The Labute approximate surface area is 83.8 Å². The van der Waals surface area contributed by atoms with Gasteiger partial charge in [-0.3, -0.25) is 4.79 Å². The molecule has 0 spiro atoms. The molecule has 0 bridgehead atoms. The number of hydrogen-bond donors (Lipinski definition) is 0. The summed E-state index contributed by atoms with van der Waals surface area (Å²) in [4.78, 5) is 10.9. The SMILES string of the molecule is COC(=O)Cc1ccc(F)cc1Br. The molecule has 0 unspecified atom stereocenters. The lowest BCUT2D eigenvalue weighted by molar-refractivity contribution is -0.139. The molecule has 0 fully saturated rings. The van der Waals surface area contributed by atoms with E-state index in [1.807, 2.05) is 0 Å². The van der Waals surface area contributed by atoms with Crippen LogP contribution in [0.3, 0.4) is 0 Å². The van der Waals surface area contributed by atoms with Gasteiger partial charge < -0.3 is 4.74 Å². The highest BCUT2D eigenvalue weighted by molar-refractivity contribution is 9.10. The number of esters is 1. The zero-order chi connectivity index (χ0) is 9.84. The van der Waals surface area contributed by atoms with Crippen molar-refractivity contribution < 1.29 is 13.9 Å². The molecule has 0 aliphatic carbocycles. The number of ether oxygens (including phenoxy) is 1. The third-order valence-electron chi connectivity index (χ3n) is 1.58. The summed E-state index contributed by atoms with van der Waals surface area (Å²) >= 11 is 3.16. The Morgan fingerprint density at radius 3 is 2.85 bits per heavy atom. The fourth-order valence-electron chi connectivity index (χ4n) is 0.893. The van der Waals surface area contributed by atoms with Crippen molar-refractivity contribution in [2.75, 3.05) is 7.11 Å². The van der Waals surface area contributed by atoms with E-state index in [4.69, 9.17) is 0 Å². The summed E-state index contributed by atoms with van der Waals surface area (Å²) in [5.41, 5.74) is 0.716. The molecule has 0 aliphatic heterocycles. The van der Waals surface area contributed by atoms with Gasteiger partial charge >= 0.3 is 5.97 Å². The first-order valence-electron chi connectivity index (χ1n) is 3.64. The fourth-order valence-corrected chi connectivity index (χ4v) is 1.38. The Hall–Kier alpha value is -0.900. The number of halogens is 2. The van der Waals surface area contributed by atoms with Crippen molar-refractivity contribution in [1.82, 2.24) is 0 Å². The quantitative estimate of drug-likeness (QED) is 0.749. The summed E-state index contributed by atoms with van der Waals surface area (Å²) in [6.07, 6.45) is 0.150. The molecule has 70 valence electrons. The van der Waals surface area contributed by atoms with Gasteiger partial charge in [-0.25, -0.2) is 4.39 Å². The van der Waals surface area contributed by atoms with E-state index >= 15 is 0 Å². The second kappa shape index (κ2) is 4.37. The Morgan fingerprint density at radius 2 is 2.31 bits per heavy atom. The minimum absolute atomic E-state index is 0.150. The molecule has 4 heteroatoms. The summed E-state index contributed by atoms with van der Waals surface area (Å²) in [7, 11) is 1.32. The summed E-state index contributed by atoms with van der Waals surface area (Å²) in [5, 5.41) is 0. The molecule has 0 N–H and O–H groups in total. The summed E-state index contributed by atoms with van der Waals surface area (Å²) in [6.45, 7) is 0. The minimum Gasteiger partial charge on any atom is -0.469 e. The van der Waals surface area contributed by atoms with Crippen LogP contribution in [0.15, 0.2) is 22.7 Å². The van der Waals surface area contributed by atoms with Gasteiger partial charge in [0, 0.05) is 4.47 Å². The molecule has 13 heavy (non-hydrogen) atoms. The van der Waals surface area contributed by atoms with Gasteiger partial charge in [-0.2, -0.15) is 0 Å². The van der Waals surface area contributed by atoms with Crippen molar-refractivity contribution in [3.8, 4) is 0 Å². The van der Waals surface area contributed by atoms with Crippen molar-refractivity contribution in [2.45, 2.75) is 6.42 Å².